The summed E-state index contributed by atoms with van der Waals surface area (Å²) in [5.74, 6) is 0.327. The van der Waals surface area contributed by atoms with Gasteiger partial charge in [0, 0.05) is 62.6 Å². The van der Waals surface area contributed by atoms with E-state index < -0.39 is 0 Å². The highest BCUT2D eigenvalue weighted by Gasteiger charge is 2.27. The fraction of sp³-hybridized carbons (Fsp3) is 0.667. The fourth-order valence-corrected chi connectivity index (χ4v) is 4.68. The number of hydrogen-bond donors (Lipinski definition) is 0. The quantitative estimate of drug-likeness (QED) is 0.718. The van der Waals surface area contributed by atoms with Gasteiger partial charge >= 0.3 is 0 Å². The van der Waals surface area contributed by atoms with Crippen LogP contribution >= 0.6 is 0 Å². The monoisotopic (exact) mass is 414 g/mol. The molecule has 0 saturated carbocycles. The molecule has 1 aromatic rings. The van der Waals surface area contributed by atoms with E-state index in [0.29, 0.717) is 31.7 Å². The lowest BCUT2D eigenvalue weighted by molar-refractivity contribution is -0.136. The van der Waals surface area contributed by atoms with Crippen molar-refractivity contribution >= 4 is 17.5 Å². The van der Waals surface area contributed by atoms with Crippen LogP contribution < -0.4 is 4.90 Å². The number of hydrogen-bond acceptors (Lipinski definition) is 4. The number of anilines is 1. The van der Waals surface area contributed by atoms with Gasteiger partial charge in [0.15, 0.2) is 0 Å². The molecule has 2 saturated heterocycles. The molecule has 0 bridgehead atoms. The van der Waals surface area contributed by atoms with Gasteiger partial charge in [0.05, 0.1) is 6.54 Å². The van der Waals surface area contributed by atoms with E-state index in [9.17, 15) is 9.59 Å². The van der Waals surface area contributed by atoms with Gasteiger partial charge in [-0.1, -0.05) is 0 Å². The highest BCUT2D eigenvalue weighted by molar-refractivity contribution is 5.94. The second-order valence-corrected chi connectivity index (χ2v) is 8.93. The van der Waals surface area contributed by atoms with Crippen LogP contribution in [0.2, 0.25) is 0 Å². The molecule has 2 amide bonds. The molecule has 1 unspecified atom stereocenters. The van der Waals surface area contributed by atoms with Crippen molar-refractivity contribution in [1.82, 2.24) is 14.7 Å². The second kappa shape index (κ2) is 10.3. The van der Waals surface area contributed by atoms with Crippen molar-refractivity contribution in [3.8, 4) is 0 Å². The van der Waals surface area contributed by atoms with E-state index in [4.69, 9.17) is 0 Å². The highest BCUT2D eigenvalue weighted by atomic mass is 16.2. The molecule has 2 aliphatic rings. The number of carbonyl (C=O) groups is 2. The van der Waals surface area contributed by atoms with Gasteiger partial charge in [-0.15, -0.1) is 0 Å². The lowest BCUT2D eigenvalue weighted by atomic mass is 10.0. The van der Waals surface area contributed by atoms with E-state index in [0.717, 1.165) is 50.3 Å². The van der Waals surface area contributed by atoms with Gasteiger partial charge in [-0.2, -0.15) is 0 Å². The molecule has 6 nitrogen and oxygen atoms in total. The predicted octanol–water partition coefficient (Wildman–Crippen LogP) is 3.08. The Balaban J connectivity index is 1.51. The molecule has 0 aliphatic carbocycles. The van der Waals surface area contributed by atoms with Crippen molar-refractivity contribution in [3.05, 3.63) is 29.8 Å². The van der Waals surface area contributed by atoms with Gasteiger partial charge in [0.1, 0.15) is 0 Å². The maximum absolute atomic E-state index is 12.9. The molecule has 30 heavy (non-hydrogen) atoms. The van der Waals surface area contributed by atoms with Crippen molar-refractivity contribution in [2.24, 2.45) is 0 Å². The van der Waals surface area contributed by atoms with Crippen LogP contribution in [-0.2, 0) is 4.79 Å². The first-order valence-corrected chi connectivity index (χ1v) is 11.6. The van der Waals surface area contributed by atoms with Crippen molar-refractivity contribution in [2.75, 3.05) is 50.7 Å². The summed E-state index contributed by atoms with van der Waals surface area (Å²) in [7, 11) is 0. The van der Waals surface area contributed by atoms with Crippen LogP contribution in [0.1, 0.15) is 57.3 Å². The van der Waals surface area contributed by atoms with Crippen LogP contribution in [0, 0.1) is 0 Å². The molecule has 0 N–H and O–H groups in total. The molecule has 0 aromatic heterocycles. The third-order valence-corrected chi connectivity index (χ3v) is 6.55. The first-order chi connectivity index (χ1) is 14.4. The second-order valence-electron chi connectivity index (χ2n) is 8.93. The molecular formula is C24H38N4O2. The molecule has 1 aromatic carbocycles. The average Bonchev–Trinajstić information content (AvgIpc) is 2.75. The van der Waals surface area contributed by atoms with Gasteiger partial charge in [-0.3, -0.25) is 14.5 Å². The third-order valence-electron chi connectivity index (χ3n) is 6.55. The first kappa shape index (κ1) is 22.6. The number of amides is 2. The van der Waals surface area contributed by atoms with E-state index in [1.165, 1.54) is 6.42 Å². The molecule has 1 atom stereocenters. The lowest BCUT2D eigenvalue weighted by Crippen LogP contribution is -2.53. The van der Waals surface area contributed by atoms with E-state index >= 15 is 0 Å². The number of rotatable bonds is 6. The summed E-state index contributed by atoms with van der Waals surface area (Å²) < 4.78 is 0. The molecule has 166 valence electrons. The number of benzene rings is 1. The Bertz CT molecular complexity index is 710. The van der Waals surface area contributed by atoms with E-state index in [1.807, 2.05) is 34.1 Å². The van der Waals surface area contributed by atoms with Crippen LogP contribution in [0.4, 0.5) is 5.69 Å². The zero-order valence-electron chi connectivity index (χ0n) is 19.1. The number of piperazine rings is 1. The topological polar surface area (TPSA) is 47.1 Å². The summed E-state index contributed by atoms with van der Waals surface area (Å²) in [5, 5.41) is 0. The molecular weight excluding hydrogens is 376 g/mol. The zero-order chi connectivity index (χ0) is 21.7. The molecule has 2 aliphatic heterocycles. The van der Waals surface area contributed by atoms with Crippen molar-refractivity contribution < 1.29 is 9.59 Å². The Kier molecular flexibility index (Phi) is 7.75. The number of likely N-dealkylation sites (tertiary alicyclic amines) is 1. The normalized spacial score (nSPS) is 20.5. The standard InChI is InChI=1S/C24H38N4O2/c1-5-27(19(2)3)22-11-9-21(10-12-22)24(30)26-16-14-25(15-17-26)18-23(29)28-13-7-6-8-20(28)4/h9-12,19-20H,5-8,13-18H2,1-4H3. The number of piperidine rings is 1. The summed E-state index contributed by atoms with van der Waals surface area (Å²) in [5.41, 5.74) is 1.89. The minimum Gasteiger partial charge on any atom is -0.369 e. The van der Waals surface area contributed by atoms with Crippen LogP contribution in [-0.4, -0.2) is 84.4 Å². The Hall–Kier alpha value is -2.08. The minimum absolute atomic E-state index is 0.0878. The molecule has 2 heterocycles. The summed E-state index contributed by atoms with van der Waals surface area (Å²) in [6.07, 6.45) is 3.45. The van der Waals surface area contributed by atoms with Crippen LogP contribution in [0.5, 0.6) is 0 Å². The Morgan fingerprint density at radius 2 is 1.70 bits per heavy atom. The summed E-state index contributed by atoms with van der Waals surface area (Å²) in [6, 6.07) is 8.76. The van der Waals surface area contributed by atoms with Gasteiger partial charge < -0.3 is 14.7 Å². The maximum Gasteiger partial charge on any atom is 0.253 e. The summed E-state index contributed by atoms with van der Waals surface area (Å²) >= 11 is 0. The highest BCUT2D eigenvalue weighted by Crippen LogP contribution is 2.20. The van der Waals surface area contributed by atoms with Gasteiger partial charge in [-0.05, 0) is 71.2 Å². The van der Waals surface area contributed by atoms with Crippen LogP contribution in [0.15, 0.2) is 24.3 Å². The molecule has 6 heteroatoms. The summed E-state index contributed by atoms with van der Waals surface area (Å²) in [6.45, 7) is 13.8. The average molecular weight is 415 g/mol. The molecule has 2 fully saturated rings. The van der Waals surface area contributed by atoms with Crippen molar-refractivity contribution in [1.29, 1.82) is 0 Å². The molecule has 3 rings (SSSR count). The van der Waals surface area contributed by atoms with Gasteiger partial charge in [0.2, 0.25) is 5.91 Å². The molecule has 0 radical (unpaired) electrons. The van der Waals surface area contributed by atoms with Crippen LogP contribution in [0.3, 0.4) is 0 Å². The molecule has 0 spiro atoms. The summed E-state index contributed by atoms with van der Waals surface area (Å²) in [4.78, 5) is 34.1. The first-order valence-electron chi connectivity index (χ1n) is 11.6. The van der Waals surface area contributed by atoms with Crippen LogP contribution in [0.25, 0.3) is 0 Å². The largest absolute Gasteiger partial charge is 0.369 e. The Morgan fingerprint density at radius 1 is 1.03 bits per heavy atom. The van der Waals surface area contributed by atoms with E-state index in [2.05, 4.69) is 37.5 Å². The van der Waals surface area contributed by atoms with Crippen molar-refractivity contribution in [3.63, 3.8) is 0 Å². The maximum atomic E-state index is 12.9. The smallest absolute Gasteiger partial charge is 0.253 e. The Morgan fingerprint density at radius 3 is 2.27 bits per heavy atom. The third kappa shape index (κ3) is 5.34. The number of nitrogens with zero attached hydrogens (tertiary/aromatic N) is 4. The van der Waals surface area contributed by atoms with E-state index in [1.54, 1.807) is 0 Å². The SMILES string of the molecule is CCN(c1ccc(C(=O)N2CCN(CC(=O)N3CCCCC3C)CC2)cc1)C(C)C. The fourth-order valence-electron chi connectivity index (χ4n) is 4.68. The lowest BCUT2D eigenvalue weighted by Gasteiger charge is -2.38. The zero-order valence-corrected chi connectivity index (χ0v) is 19.1. The van der Waals surface area contributed by atoms with Crippen molar-refractivity contribution in [2.45, 2.75) is 59.0 Å². The van der Waals surface area contributed by atoms with Gasteiger partial charge in [0.25, 0.3) is 5.91 Å². The van der Waals surface area contributed by atoms with Gasteiger partial charge in [-0.25, -0.2) is 0 Å². The Labute approximate surface area is 181 Å². The number of carbonyl (C=O) groups excluding carboxylic acids is 2. The van der Waals surface area contributed by atoms with E-state index in [-0.39, 0.29) is 11.8 Å². The predicted molar refractivity (Wildman–Crippen MR) is 122 cm³/mol. The minimum atomic E-state index is 0.0878.